The Morgan fingerprint density at radius 1 is 1.22 bits per heavy atom. The van der Waals surface area contributed by atoms with Crippen LogP contribution in [0.5, 0.6) is 5.75 Å². The molecule has 4 rings (SSSR count). The number of halogens is 1. The van der Waals surface area contributed by atoms with Crippen LogP contribution in [0, 0.1) is 5.82 Å². The molecule has 0 N–H and O–H groups in total. The molecule has 6 heteroatoms. The minimum absolute atomic E-state index is 0.140. The smallest absolute Gasteiger partial charge is 0.155 e. The summed E-state index contributed by atoms with van der Waals surface area (Å²) in [4.78, 5) is 10.8. The number of ether oxygens (including phenoxy) is 1. The third-order valence-electron chi connectivity index (χ3n) is 4.13. The molecule has 0 amide bonds. The van der Waals surface area contributed by atoms with E-state index in [2.05, 4.69) is 19.3 Å². The van der Waals surface area contributed by atoms with Crippen LogP contribution in [0.4, 0.5) is 4.39 Å². The third-order valence-corrected chi connectivity index (χ3v) is 4.13. The maximum atomic E-state index is 12.9. The van der Waals surface area contributed by atoms with Gasteiger partial charge in [0.1, 0.15) is 17.7 Å². The third kappa shape index (κ3) is 3.03. The summed E-state index contributed by atoms with van der Waals surface area (Å²) in [5, 5.41) is 0. The van der Waals surface area contributed by atoms with E-state index >= 15 is 0 Å². The molecular formula is C17H17FN4O. The van der Waals surface area contributed by atoms with Crippen LogP contribution in [0.2, 0.25) is 0 Å². The Balaban J connectivity index is 1.39. The number of hydrogen-bond donors (Lipinski definition) is 0. The van der Waals surface area contributed by atoms with Crippen molar-refractivity contribution in [2.75, 3.05) is 13.1 Å². The van der Waals surface area contributed by atoms with Crippen LogP contribution in [0.15, 0.2) is 49.1 Å². The SMILES string of the molecule is Fc1ccc(OC2CCN(Cc3cnc4cnccn34)C2)cc1. The van der Waals surface area contributed by atoms with Gasteiger partial charge in [-0.1, -0.05) is 0 Å². The van der Waals surface area contributed by atoms with E-state index in [4.69, 9.17) is 4.74 Å². The maximum Gasteiger partial charge on any atom is 0.155 e. The molecule has 1 fully saturated rings. The van der Waals surface area contributed by atoms with Crippen molar-refractivity contribution in [2.24, 2.45) is 0 Å². The molecule has 1 unspecified atom stereocenters. The van der Waals surface area contributed by atoms with Crippen molar-refractivity contribution < 1.29 is 9.13 Å². The molecule has 0 aliphatic carbocycles. The van der Waals surface area contributed by atoms with E-state index in [1.165, 1.54) is 12.1 Å². The predicted octanol–water partition coefficient (Wildman–Crippen LogP) is 2.52. The number of hydrogen-bond acceptors (Lipinski definition) is 4. The second-order valence-corrected chi connectivity index (χ2v) is 5.77. The van der Waals surface area contributed by atoms with Crippen molar-refractivity contribution in [3.63, 3.8) is 0 Å². The van der Waals surface area contributed by atoms with E-state index in [1.807, 2.05) is 12.4 Å². The summed E-state index contributed by atoms with van der Waals surface area (Å²) in [6.07, 6.45) is 8.46. The van der Waals surface area contributed by atoms with Crippen molar-refractivity contribution in [3.8, 4) is 5.75 Å². The number of aromatic nitrogens is 3. The van der Waals surface area contributed by atoms with Crippen LogP contribution in [-0.2, 0) is 6.54 Å². The highest BCUT2D eigenvalue weighted by Crippen LogP contribution is 2.20. The first-order valence-electron chi connectivity index (χ1n) is 7.68. The molecule has 3 aromatic rings. The Kier molecular flexibility index (Phi) is 3.67. The fraction of sp³-hybridized carbons (Fsp3) is 0.294. The lowest BCUT2D eigenvalue weighted by Gasteiger charge is -2.16. The molecule has 118 valence electrons. The second-order valence-electron chi connectivity index (χ2n) is 5.77. The monoisotopic (exact) mass is 312 g/mol. The zero-order valence-corrected chi connectivity index (χ0v) is 12.6. The van der Waals surface area contributed by atoms with Gasteiger partial charge in [-0.05, 0) is 30.7 Å². The highest BCUT2D eigenvalue weighted by Gasteiger charge is 2.24. The number of rotatable bonds is 4. The molecule has 0 radical (unpaired) electrons. The Labute approximate surface area is 133 Å². The number of fused-ring (bicyclic) bond motifs is 1. The molecule has 0 bridgehead atoms. The van der Waals surface area contributed by atoms with Gasteiger partial charge in [0.2, 0.25) is 0 Å². The van der Waals surface area contributed by atoms with Crippen LogP contribution in [0.3, 0.4) is 0 Å². The quantitative estimate of drug-likeness (QED) is 0.742. The molecule has 1 atom stereocenters. The molecule has 1 saturated heterocycles. The van der Waals surface area contributed by atoms with Crippen molar-refractivity contribution in [2.45, 2.75) is 19.1 Å². The summed E-state index contributed by atoms with van der Waals surface area (Å²) in [6, 6.07) is 6.20. The molecule has 1 aromatic carbocycles. The van der Waals surface area contributed by atoms with Gasteiger partial charge in [0.15, 0.2) is 5.65 Å². The largest absolute Gasteiger partial charge is 0.489 e. The van der Waals surface area contributed by atoms with Crippen molar-refractivity contribution in [1.29, 1.82) is 0 Å². The molecule has 23 heavy (non-hydrogen) atoms. The fourth-order valence-corrected chi connectivity index (χ4v) is 2.98. The molecule has 3 heterocycles. The van der Waals surface area contributed by atoms with E-state index in [0.29, 0.717) is 0 Å². The van der Waals surface area contributed by atoms with Gasteiger partial charge < -0.3 is 4.74 Å². The normalized spacial score (nSPS) is 18.6. The van der Waals surface area contributed by atoms with E-state index in [-0.39, 0.29) is 11.9 Å². The van der Waals surface area contributed by atoms with Gasteiger partial charge in [-0.3, -0.25) is 14.3 Å². The lowest BCUT2D eigenvalue weighted by molar-refractivity contribution is 0.197. The summed E-state index contributed by atoms with van der Waals surface area (Å²) >= 11 is 0. The number of benzene rings is 1. The number of imidazole rings is 1. The van der Waals surface area contributed by atoms with Gasteiger partial charge in [0.25, 0.3) is 0 Å². The van der Waals surface area contributed by atoms with Gasteiger partial charge in [-0.2, -0.15) is 0 Å². The molecule has 1 aliphatic rings. The summed E-state index contributed by atoms with van der Waals surface area (Å²) in [7, 11) is 0. The van der Waals surface area contributed by atoms with Crippen LogP contribution in [-0.4, -0.2) is 38.5 Å². The van der Waals surface area contributed by atoms with Crippen molar-refractivity contribution >= 4 is 5.65 Å². The highest BCUT2D eigenvalue weighted by atomic mass is 19.1. The lowest BCUT2D eigenvalue weighted by atomic mass is 10.3. The van der Waals surface area contributed by atoms with E-state index in [9.17, 15) is 4.39 Å². The predicted molar refractivity (Wildman–Crippen MR) is 83.7 cm³/mol. The summed E-state index contributed by atoms with van der Waals surface area (Å²) in [6.45, 7) is 2.66. The molecule has 0 saturated carbocycles. The minimum atomic E-state index is -0.243. The first kappa shape index (κ1) is 14.1. The standard InChI is InChI=1S/C17H17FN4O/c18-13-1-3-15(4-2-13)23-16-5-7-21(12-16)11-14-9-20-17-10-19-6-8-22(14)17/h1-4,6,8-10,16H,5,7,11-12H2. The summed E-state index contributed by atoms with van der Waals surface area (Å²) in [5.41, 5.74) is 2.01. The second kappa shape index (κ2) is 5.96. The van der Waals surface area contributed by atoms with Crippen LogP contribution >= 0.6 is 0 Å². The van der Waals surface area contributed by atoms with Gasteiger partial charge in [-0.25, -0.2) is 9.37 Å². The maximum absolute atomic E-state index is 12.9. The van der Waals surface area contributed by atoms with Gasteiger partial charge >= 0.3 is 0 Å². The lowest BCUT2D eigenvalue weighted by Crippen LogP contribution is -2.25. The summed E-state index contributed by atoms with van der Waals surface area (Å²) in [5.74, 6) is 0.478. The van der Waals surface area contributed by atoms with Crippen LogP contribution in [0.1, 0.15) is 12.1 Å². The number of likely N-dealkylation sites (tertiary alicyclic amines) is 1. The number of nitrogens with zero attached hydrogens (tertiary/aromatic N) is 4. The minimum Gasteiger partial charge on any atom is -0.489 e. The average molecular weight is 312 g/mol. The topological polar surface area (TPSA) is 42.7 Å². The Morgan fingerprint density at radius 3 is 2.96 bits per heavy atom. The Bertz CT molecular complexity index is 802. The molecule has 5 nitrogen and oxygen atoms in total. The van der Waals surface area contributed by atoms with E-state index in [0.717, 1.165) is 43.1 Å². The fourth-order valence-electron chi connectivity index (χ4n) is 2.98. The summed E-state index contributed by atoms with van der Waals surface area (Å²) < 4.78 is 20.9. The first-order chi connectivity index (χ1) is 11.3. The average Bonchev–Trinajstić information content (AvgIpc) is 3.18. The van der Waals surface area contributed by atoms with Crippen molar-refractivity contribution in [3.05, 3.63) is 60.6 Å². The van der Waals surface area contributed by atoms with E-state index < -0.39 is 0 Å². The van der Waals surface area contributed by atoms with Crippen LogP contribution in [0.25, 0.3) is 5.65 Å². The molecular weight excluding hydrogens is 295 g/mol. The first-order valence-corrected chi connectivity index (χ1v) is 7.68. The Morgan fingerprint density at radius 2 is 2.09 bits per heavy atom. The highest BCUT2D eigenvalue weighted by molar-refractivity contribution is 5.36. The zero-order valence-electron chi connectivity index (χ0n) is 12.6. The molecule has 0 spiro atoms. The van der Waals surface area contributed by atoms with Gasteiger partial charge in [0.05, 0.1) is 18.1 Å². The van der Waals surface area contributed by atoms with Crippen molar-refractivity contribution in [1.82, 2.24) is 19.3 Å². The molecule has 1 aliphatic heterocycles. The van der Waals surface area contributed by atoms with Gasteiger partial charge in [-0.15, -0.1) is 0 Å². The van der Waals surface area contributed by atoms with Crippen LogP contribution < -0.4 is 4.74 Å². The molecule has 2 aromatic heterocycles. The Hall–Kier alpha value is -2.47. The zero-order chi connectivity index (χ0) is 15.6. The van der Waals surface area contributed by atoms with E-state index in [1.54, 1.807) is 24.5 Å². The van der Waals surface area contributed by atoms with Gasteiger partial charge in [0, 0.05) is 32.0 Å².